The Balaban J connectivity index is 1.91. The first-order valence-corrected chi connectivity index (χ1v) is 9.59. The van der Waals surface area contributed by atoms with E-state index in [-0.39, 0.29) is 0 Å². The van der Waals surface area contributed by atoms with E-state index in [9.17, 15) is 0 Å². The smallest absolute Gasteiger partial charge is 0.192 e. The third kappa shape index (κ3) is 4.52. The monoisotopic (exact) mass is 381 g/mol. The second-order valence-corrected chi connectivity index (χ2v) is 7.02. The average molecular weight is 382 g/mol. The number of allylic oxidation sites excluding steroid dienone is 1. The van der Waals surface area contributed by atoms with Crippen LogP contribution in [0.3, 0.4) is 0 Å². The largest absolute Gasteiger partial charge is 0.497 e. The molecule has 0 fully saturated rings. The fraction of sp³-hybridized carbons (Fsp3) is 0.238. The van der Waals surface area contributed by atoms with Crippen LogP contribution in [0.25, 0.3) is 11.4 Å². The van der Waals surface area contributed by atoms with Gasteiger partial charge in [-0.2, -0.15) is 0 Å². The first-order chi connectivity index (χ1) is 13.1. The highest BCUT2D eigenvalue weighted by Gasteiger charge is 2.15. The molecular formula is C21H23N3O2S. The maximum absolute atomic E-state index is 5.38. The molecule has 0 aliphatic carbocycles. The van der Waals surface area contributed by atoms with Gasteiger partial charge in [0.1, 0.15) is 11.5 Å². The molecular weight excluding hydrogens is 358 g/mol. The summed E-state index contributed by atoms with van der Waals surface area (Å²) in [5.41, 5.74) is 3.40. The lowest BCUT2D eigenvalue weighted by molar-refractivity contribution is 0.394. The summed E-state index contributed by atoms with van der Waals surface area (Å²) in [4.78, 5) is 0. The lowest BCUT2D eigenvalue weighted by Crippen LogP contribution is -2.01. The number of methoxy groups -OCH3 is 2. The summed E-state index contributed by atoms with van der Waals surface area (Å²) in [5.74, 6) is 3.02. The molecule has 0 spiro atoms. The van der Waals surface area contributed by atoms with Crippen LogP contribution in [0.5, 0.6) is 11.5 Å². The number of rotatable bonds is 8. The van der Waals surface area contributed by atoms with Gasteiger partial charge in [0.15, 0.2) is 11.0 Å². The van der Waals surface area contributed by atoms with Gasteiger partial charge in [0.05, 0.1) is 14.2 Å². The zero-order valence-electron chi connectivity index (χ0n) is 15.8. The van der Waals surface area contributed by atoms with Crippen molar-refractivity contribution >= 4 is 11.8 Å². The van der Waals surface area contributed by atoms with Crippen LogP contribution in [0.15, 0.2) is 60.3 Å². The fourth-order valence-electron chi connectivity index (χ4n) is 2.67. The molecule has 3 rings (SSSR count). The average Bonchev–Trinajstić information content (AvgIpc) is 3.10. The van der Waals surface area contributed by atoms with Crippen molar-refractivity contribution in [1.29, 1.82) is 0 Å². The second-order valence-electron chi connectivity index (χ2n) is 6.08. The molecule has 0 saturated carbocycles. The van der Waals surface area contributed by atoms with E-state index in [4.69, 9.17) is 9.47 Å². The molecule has 2 aromatic carbocycles. The van der Waals surface area contributed by atoms with E-state index >= 15 is 0 Å². The van der Waals surface area contributed by atoms with E-state index in [1.54, 1.807) is 26.0 Å². The van der Waals surface area contributed by atoms with Crippen molar-refractivity contribution < 1.29 is 9.47 Å². The third-order valence-electron chi connectivity index (χ3n) is 4.13. The van der Waals surface area contributed by atoms with E-state index in [1.807, 2.05) is 24.3 Å². The van der Waals surface area contributed by atoms with Gasteiger partial charge in [-0.05, 0) is 24.6 Å². The quantitative estimate of drug-likeness (QED) is 0.416. The summed E-state index contributed by atoms with van der Waals surface area (Å²) in [6, 6.07) is 14.2. The van der Waals surface area contributed by atoms with Crippen LogP contribution >= 0.6 is 11.8 Å². The van der Waals surface area contributed by atoms with Crippen LogP contribution in [0.4, 0.5) is 0 Å². The molecule has 0 aliphatic heterocycles. The maximum Gasteiger partial charge on any atom is 0.192 e. The molecule has 0 bridgehead atoms. The molecule has 0 N–H and O–H groups in total. The van der Waals surface area contributed by atoms with Gasteiger partial charge >= 0.3 is 0 Å². The lowest BCUT2D eigenvalue weighted by Gasteiger charge is -2.10. The highest BCUT2D eigenvalue weighted by Crippen LogP contribution is 2.31. The Morgan fingerprint density at radius 1 is 1.04 bits per heavy atom. The van der Waals surface area contributed by atoms with Gasteiger partial charge in [-0.25, -0.2) is 0 Å². The van der Waals surface area contributed by atoms with Gasteiger partial charge in [0.2, 0.25) is 0 Å². The Hall–Kier alpha value is -2.73. The van der Waals surface area contributed by atoms with E-state index in [0.29, 0.717) is 18.0 Å². The number of ether oxygens (including phenoxy) is 2. The van der Waals surface area contributed by atoms with E-state index < -0.39 is 0 Å². The van der Waals surface area contributed by atoms with Crippen molar-refractivity contribution in [2.24, 2.45) is 0 Å². The zero-order chi connectivity index (χ0) is 19.2. The summed E-state index contributed by atoms with van der Waals surface area (Å²) in [5, 5.41) is 9.67. The maximum atomic E-state index is 5.38. The number of hydrogen-bond acceptors (Lipinski definition) is 5. The van der Waals surface area contributed by atoms with Crippen molar-refractivity contribution in [1.82, 2.24) is 14.8 Å². The minimum absolute atomic E-state index is 0.623. The third-order valence-corrected chi connectivity index (χ3v) is 5.16. The number of thioether (sulfide) groups is 1. The predicted molar refractivity (Wildman–Crippen MR) is 109 cm³/mol. The van der Waals surface area contributed by atoms with Crippen LogP contribution in [0.1, 0.15) is 11.1 Å². The number of benzene rings is 2. The highest BCUT2D eigenvalue weighted by molar-refractivity contribution is 7.98. The molecule has 0 unspecified atom stereocenters. The van der Waals surface area contributed by atoms with Gasteiger partial charge < -0.3 is 9.47 Å². The number of aromatic nitrogens is 3. The summed E-state index contributed by atoms with van der Waals surface area (Å²) in [7, 11) is 3.27. The number of nitrogens with zero attached hydrogens (tertiary/aromatic N) is 3. The van der Waals surface area contributed by atoms with Crippen molar-refractivity contribution in [3.63, 3.8) is 0 Å². The molecule has 0 radical (unpaired) electrons. The Morgan fingerprint density at radius 2 is 1.70 bits per heavy atom. The van der Waals surface area contributed by atoms with Gasteiger partial charge in [-0.15, -0.1) is 16.8 Å². The molecule has 0 saturated heterocycles. The van der Waals surface area contributed by atoms with E-state index in [1.165, 1.54) is 11.1 Å². The zero-order valence-corrected chi connectivity index (χ0v) is 16.6. The Bertz CT molecular complexity index is 897. The summed E-state index contributed by atoms with van der Waals surface area (Å²) < 4.78 is 12.8. The topological polar surface area (TPSA) is 49.2 Å². The van der Waals surface area contributed by atoms with Gasteiger partial charge in [-0.3, -0.25) is 4.57 Å². The molecule has 0 aliphatic rings. The van der Waals surface area contributed by atoms with Crippen LogP contribution < -0.4 is 9.47 Å². The van der Waals surface area contributed by atoms with Gasteiger partial charge in [-0.1, -0.05) is 47.7 Å². The molecule has 0 atom stereocenters. The van der Waals surface area contributed by atoms with Crippen LogP contribution in [-0.4, -0.2) is 29.0 Å². The molecule has 1 aromatic heterocycles. The SMILES string of the molecule is C=CCn1c(SCc2ccc(C)cc2)nnc1-c1cc(OC)cc(OC)c1. The fourth-order valence-corrected chi connectivity index (χ4v) is 3.58. The molecule has 5 nitrogen and oxygen atoms in total. The van der Waals surface area contributed by atoms with E-state index in [2.05, 4.69) is 52.5 Å². The Morgan fingerprint density at radius 3 is 2.30 bits per heavy atom. The number of hydrogen-bond donors (Lipinski definition) is 0. The lowest BCUT2D eigenvalue weighted by atomic mass is 10.2. The standard InChI is InChI=1S/C21H23N3O2S/c1-5-10-24-20(17-11-18(25-3)13-19(12-17)26-4)22-23-21(24)27-14-16-8-6-15(2)7-9-16/h5-9,11-13H,1,10,14H2,2-4H3. The normalized spacial score (nSPS) is 10.6. The minimum Gasteiger partial charge on any atom is -0.497 e. The highest BCUT2D eigenvalue weighted by atomic mass is 32.2. The van der Waals surface area contributed by atoms with Crippen molar-refractivity contribution in [2.45, 2.75) is 24.4 Å². The first kappa shape index (κ1) is 19.0. The second kappa shape index (κ2) is 8.77. The Labute approximate surface area is 164 Å². The van der Waals surface area contributed by atoms with Crippen molar-refractivity contribution in [3.05, 3.63) is 66.2 Å². The van der Waals surface area contributed by atoms with Crippen LogP contribution in [0, 0.1) is 6.92 Å². The van der Waals surface area contributed by atoms with Crippen molar-refractivity contribution in [2.75, 3.05) is 14.2 Å². The Kier molecular flexibility index (Phi) is 6.19. The first-order valence-electron chi connectivity index (χ1n) is 8.60. The molecule has 3 aromatic rings. The van der Waals surface area contributed by atoms with Crippen molar-refractivity contribution in [3.8, 4) is 22.9 Å². The number of aryl methyl sites for hydroxylation is 1. The predicted octanol–water partition coefficient (Wildman–Crippen LogP) is 4.75. The molecule has 0 amide bonds. The minimum atomic E-state index is 0.623. The molecule has 6 heteroatoms. The van der Waals surface area contributed by atoms with Gasteiger partial charge in [0, 0.05) is 23.9 Å². The van der Waals surface area contributed by atoms with Crippen LogP contribution in [0.2, 0.25) is 0 Å². The van der Waals surface area contributed by atoms with Crippen LogP contribution in [-0.2, 0) is 12.3 Å². The summed E-state index contributed by atoms with van der Waals surface area (Å²) >= 11 is 1.66. The summed E-state index contributed by atoms with van der Waals surface area (Å²) in [6.07, 6.45) is 1.85. The molecule has 1 heterocycles. The molecule has 140 valence electrons. The summed E-state index contributed by atoms with van der Waals surface area (Å²) in [6.45, 7) is 6.58. The van der Waals surface area contributed by atoms with E-state index in [0.717, 1.165) is 22.3 Å². The van der Waals surface area contributed by atoms with Gasteiger partial charge in [0.25, 0.3) is 0 Å². The molecule has 27 heavy (non-hydrogen) atoms.